The largest absolute Gasteiger partial charge is 0.481 e. The highest BCUT2D eigenvalue weighted by Gasteiger charge is 2.23. The molecule has 0 unspecified atom stereocenters. The molecule has 0 fully saturated rings. The molecule has 1 heterocycles. The number of aromatic amines is 1. The molecule has 11 heteroatoms. The zero-order chi connectivity index (χ0) is 15.6. The first-order valence-corrected chi connectivity index (χ1v) is 6.28. The number of carbonyl (C=O) groups is 1. The second-order valence-electron chi connectivity index (χ2n) is 3.69. The van der Waals surface area contributed by atoms with Crippen molar-refractivity contribution < 1.29 is 23.6 Å². The Balaban J connectivity index is 2.38. The summed E-state index contributed by atoms with van der Waals surface area (Å²) in [6, 6.07) is 1.18. The molecule has 0 atom stereocenters. The van der Waals surface area contributed by atoms with Gasteiger partial charge >= 0.3 is 11.7 Å². The van der Waals surface area contributed by atoms with Gasteiger partial charge in [0.1, 0.15) is 5.82 Å². The molecule has 0 aliphatic heterocycles. The molecule has 0 saturated carbocycles. The summed E-state index contributed by atoms with van der Waals surface area (Å²) < 4.78 is 27.2. The molecular formula is C10H6F2N4O4S. The highest BCUT2D eigenvalue weighted by Crippen LogP contribution is 2.29. The van der Waals surface area contributed by atoms with Crippen LogP contribution < -0.4 is 0 Å². The second-order valence-corrected chi connectivity index (χ2v) is 4.64. The normalized spacial score (nSPS) is 10.6. The van der Waals surface area contributed by atoms with Crippen LogP contribution in [0.25, 0.3) is 11.4 Å². The van der Waals surface area contributed by atoms with E-state index in [-0.39, 0.29) is 16.7 Å². The van der Waals surface area contributed by atoms with Gasteiger partial charge in [0.2, 0.25) is 11.0 Å². The molecule has 2 aromatic rings. The van der Waals surface area contributed by atoms with Crippen LogP contribution in [0.15, 0.2) is 17.3 Å². The summed E-state index contributed by atoms with van der Waals surface area (Å²) in [5, 5.41) is 25.0. The fraction of sp³-hybridized carbons (Fsp3) is 0.100. The average molecular weight is 316 g/mol. The van der Waals surface area contributed by atoms with E-state index in [9.17, 15) is 23.7 Å². The van der Waals surface area contributed by atoms with E-state index in [1.54, 1.807) is 0 Å². The lowest BCUT2D eigenvalue weighted by Crippen LogP contribution is -1.98. The summed E-state index contributed by atoms with van der Waals surface area (Å²) in [5.41, 5.74) is -1.49. The van der Waals surface area contributed by atoms with E-state index >= 15 is 0 Å². The Morgan fingerprint density at radius 1 is 1.48 bits per heavy atom. The lowest BCUT2D eigenvalue weighted by Gasteiger charge is -2.00. The van der Waals surface area contributed by atoms with Crippen LogP contribution in [0.2, 0.25) is 0 Å². The third-order valence-corrected chi connectivity index (χ3v) is 3.09. The number of nitro groups is 1. The molecule has 0 radical (unpaired) electrons. The predicted octanol–water partition coefficient (Wildman–Crippen LogP) is 1.83. The van der Waals surface area contributed by atoms with E-state index in [0.29, 0.717) is 6.07 Å². The van der Waals surface area contributed by atoms with Gasteiger partial charge in [0.15, 0.2) is 5.82 Å². The molecule has 0 aliphatic rings. The van der Waals surface area contributed by atoms with Crippen molar-refractivity contribution in [3.63, 3.8) is 0 Å². The number of rotatable bonds is 5. The minimum Gasteiger partial charge on any atom is -0.481 e. The lowest BCUT2D eigenvalue weighted by atomic mass is 10.1. The summed E-state index contributed by atoms with van der Waals surface area (Å²) in [7, 11) is 0. The standard InChI is InChI=1S/C10H6F2N4O4S/c11-4-1-5(8(12)6(2-4)16(19)20)9-13-10(15-14-9)21-3-7(17)18/h1-2H,3H2,(H,17,18)(H,13,14,15). The van der Waals surface area contributed by atoms with Gasteiger partial charge < -0.3 is 5.11 Å². The first kappa shape index (κ1) is 14.8. The molecule has 8 nitrogen and oxygen atoms in total. The SMILES string of the molecule is O=C(O)CSc1n[nH]c(-c2cc(F)cc([N+](=O)[O-])c2F)n1. The van der Waals surface area contributed by atoms with Crippen molar-refractivity contribution in [2.24, 2.45) is 0 Å². The van der Waals surface area contributed by atoms with E-state index in [4.69, 9.17) is 5.11 Å². The Morgan fingerprint density at radius 2 is 2.19 bits per heavy atom. The van der Waals surface area contributed by atoms with Crippen LogP contribution >= 0.6 is 11.8 Å². The summed E-state index contributed by atoms with van der Waals surface area (Å²) in [6.45, 7) is 0. The number of hydrogen-bond acceptors (Lipinski definition) is 6. The number of nitro benzene ring substituents is 1. The number of aromatic nitrogens is 3. The van der Waals surface area contributed by atoms with Crippen LogP contribution in [0.1, 0.15) is 0 Å². The Labute approximate surface area is 119 Å². The van der Waals surface area contributed by atoms with E-state index in [1.165, 1.54) is 0 Å². The molecule has 21 heavy (non-hydrogen) atoms. The van der Waals surface area contributed by atoms with Gasteiger partial charge in [0.05, 0.1) is 22.3 Å². The predicted molar refractivity (Wildman–Crippen MR) is 66.7 cm³/mol. The van der Waals surface area contributed by atoms with Crippen LogP contribution in [0.3, 0.4) is 0 Å². The maximum atomic E-state index is 13.9. The number of H-pyrrole nitrogens is 1. The number of nitrogens with one attached hydrogen (secondary N) is 1. The summed E-state index contributed by atoms with van der Waals surface area (Å²) in [4.78, 5) is 23.7. The lowest BCUT2D eigenvalue weighted by molar-refractivity contribution is -0.387. The van der Waals surface area contributed by atoms with Gasteiger partial charge in [-0.05, 0) is 6.07 Å². The van der Waals surface area contributed by atoms with Gasteiger partial charge in [-0.15, -0.1) is 5.10 Å². The van der Waals surface area contributed by atoms with Gasteiger partial charge in [-0.25, -0.2) is 9.37 Å². The number of hydrogen-bond donors (Lipinski definition) is 2. The van der Waals surface area contributed by atoms with Gasteiger partial charge in [0.25, 0.3) is 0 Å². The molecule has 1 aromatic heterocycles. The van der Waals surface area contributed by atoms with E-state index < -0.39 is 33.8 Å². The van der Waals surface area contributed by atoms with E-state index in [1.807, 2.05) is 0 Å². The van der Waals surface area contributed by atoms with Crippen molar-refractivity contribution in [1.29, 1.82) is 0 Å². The van der Waals surface area contributed by atoms with Crippen molar-refractivity contribution in [3.8, 4) is 11.4 Å². The number of carboxylic acids is 1. The zero-order valence-electron chi connectivity index (χ0n) is 10.0. The van der Waals surface area contributed by atoms with Gasteiger partial charge in [0, 0.05) is 0 Å². The Morgan fingerprint density at radius 3 is 2.81 bits per heavy atom. The fourth-order valence-electron chi connectivity index (χ4n) is 1.44. The third kappa shape index (κ3) is 3.31. The van der Waals surface area contributed by atoms with Crippen LogP contribution in [-0.4, -0.2) is 36.9 Å². The van der Waals surface area contributed by atoms with Crippen LogP contribution in [0, 0.1) is 21.7 Å². The molecule has 0 spiro atoms. The quantitative estimate of drug-likeness (QED) is 0.490. The van der Waals surface area contributed by atoms with Gasteiger partial charge in [-0.3, -0.25) is 20.0 Å². The van der Waals surface area contributed by atoms with Crippen molar-refractivity contribution in [2.75, 3.05) is 5.75 Å². The monoisotopic (exact) mass is 316 g/mol. The average Bonchev–Trinajstić information content (AvgIpc) is 2.87. The van der Waals surface area contributed by atoms with Crippen molar-refractivity contribution in [1.82, 2.24) is 15.2 Å². The number of thioether (sulfide) groups is 1. The molecule has 0 amide bonds. The number of aliphatic carboxylic acids is 1. The second kappa shape index (κ2) is 5.83. The molecule has 2 rings (SSSR count). The highest BCUT2D eigenvalue weighted by molar-refractivity contribution is 7.99. The molecule has 0 saturated heterocycles. The molecule has 0 aliphatic carbocycles. The van der Waals surface area contributed by atoms with E-state index in [2.05, 4.69) is 15.2 Å². The zero-order valence-corrected chi connectivity index (χ0v) is 10.9. The third-order valence-electron chi connectivity index (χ3n) is 2.26. The maximum absolute atomic E-state index is 13.9. The van der Waals surface area contributed by atoms with Crippen molar-refractivity contribution in [2.45, 2.75) is 5.16 Å². The topological polar surface area (TPSA) is 122 Å². The van der Waals surface area contributed by atoms with Crippen molar-refractivity contribution in [3.05, 3.63) is 33.9 Å². The van der Waals surface area contributed by atoms with E-state index in [0.717, 1.165) is 17.8 Å². The summed E-state index contributed by atoms with van der Waals surface area (Å²) in [5.74, 6) is -3.91. The molecular weight excluding hydrogens is 310 g/mol. The first-order chi connectivity index (χ1) is 9.88. The maximum Gasteiger partial charge on any atom is 0.313 e. The molecule has 2 N–H and O–H groups in total. The molecule has 0 bridgehead atoms. The molecule has 1 aromatic carbocycles. The Hall–Kier alpha value is -2.56. The van der Waals surface area contributed by atoms with Crippen LogP contribution in [0.5, 0.6) is 0 Å². The van der Waals surface area contributed by atoms with Gasteiger partial charge in [-0.2, -0.15) is 4.39 Å². The summed E-state index contributed by atoms with van der Waals surface area (Å²) in [6.07, 6.45) is 0. The van der Waals surface area contributed by atoms with Crippen LogP contribution in [0.4, 0.5) is 14.5 Å². The molecule has 110 valence electrons. The fourth-order valence-corrected chi connectivity index (χ4v) is 1.96. The number of nitrogens with zero attached hydrogens (tertiary/aromatic N) is 3. The van der Waals surface area contributed by atoms with Crippen LogP contribution in [-0.2, 0) is 4.79 Å². The Kier molecular flexibility index (Phi) is 4.12. The number of benzene rings is 1. The number of halogens is 2. The number of carboxylic acid groups (broad SMARTS) is 1. The van der Waals surface area contributed by atoms with Crippen molar-refractivity contribution >= 4 is 23.4 Å². The minimum absolute atomic E-state index is 0.00119. The van der Waals surface area contributed by atoms with Gasteiger partial charge in [-0.1, -0.05) is 11.8 Å². The Bertz CT molecular complexity index is 721. The first-order valence-electron chi connectivity index (χ1n) is 5.29. The summed E-state index contributed by atoms with van der Waals surface area (Å²) >= 11 is 0.761. The highest BCUT2D eigenvalue weighted by atomic mass is 32.2. The smallest absolute Gasteiger partial charge is 0.313 e. The minimum atomic E-state index is -1.26.